The second-order valence-electron chi connectivity index (χ2n) is 1.94. The zero-order valence-corrected chi connectivity index (χ0v) is 5.28. The predicted octanol–water partition coefficient (Wildman–Crippen LogP) is 1.66. The lowest BCUT2D eigenvalue weighted by molar-refractivity contribution is 0.329. The van der Waals surface area contributed by atoms with Gasteiger partial charge in [0.1, 0.15) is 0 Å². The summed E-state index contributed by atoms with van der Waals surface area (Å²) in [5, 5.41) is 0. The first-order valence-electron chi connectivity index (χ1n) is 2.74. The van der Waals surface area contributed by atoms with E-state index < -0.39 is 6.17 Å². The van der Waals surface area contributed by atoms with Crippen molar-refractivity contribution in [1.29, 1.82) is 0 Å². The van der Waals surface area contributed by atoms with Crippen molar-refractivity contribution in [3.05, 3.63) is 0 Å². The number of hydrogen-bond acceptors (Lipinski definition) is 0. The van der Waals surface area contributed by atoms with E-state index in [1.165, 1.54) is 6.04 Å². The highest BCUT2D eigenvalue weighted by Gasteiger charge is 2.10. The molecule has 1 unspecified atom stereocenters. The molecule has 0 aromatic carbocycles. The second-order valence-corrected chi connectivity index (χ2v) is 3.35. The molecule has 7 heavy (non-hydrogen) atoms. The van der Waals surface area contributed by atoms with Crippen molar-refractivity contribution in [1.82, 2.24) is 0 Å². The van der Waals surface area contributed by atoms with Gasteiger partial charge in [0.2, 0.25) is 0 Å². The van der Waals surface area contributed by atoms with E-state index in [1.54, 1.807) is 0 Å². The van der Waals surface area contributed by atoms with Gasteiger partial charge in [-0.1, -0.05) is 12.5 Å². The molecule has 1 atom stereocenters. The summed E-state index contributed by atoms with van der Waals surface area (Å²) in [6.07, 6.45) is 1.50. The van der Waals surface area contributed by atoms with E-state index in [0.29, 0.717) is 0 Å². The van der Waals surface area contributed by atoms with Crippen LogP contribution in [0.1, 0.15) is 12.8 Å². The molecule has 0 spiro atoms. The van der Waals surface area contributed by atoms with Gasteiger partial charge in [0.25, 0.3) is 0 Å². The fourth-order valence-electron chi connectivity index (χ4n) is 0.809. The maximum absolute atomic E-state index is 12.2. The van der Waals surface area contributed by atoms with Crippen LogP contribution in [-0.4, -0.2) is 15.7 Å². The van der Waals surface area contributed by atoms with Gasteiger partial charge in [-0.15, -0.1) is 0 Å². The summed E-state index contributed by atoms with van der Waals surface area (Å²) in [4.78, 5) is 0. The van der Waals surface area contributed by atoms with E-state index in [1.807, 2.05) is 0 Å². The Kier molecular flexibility index (Phi) is 1.85. The molecule has 0 aliphatic carbocycles. The van der Waals surface area contributed by atoms with Crippen LogP contribution in [0.15, 0.2) is 0 Å². The maximum atomic E-state index is 12.2. The standard InChI is InChI=1S/C5H9FSi/c6-5-2-1-3-7-4-5/h5H,1-4H2. The third kappa shape index (κ3) is 1.59. The number of rotatable bonds is 0. The molecule has 0 nitrogen and oxygen atoms in total. The summed E-state index contributed by atoms with van der Waals surface area (Å²) in [5.41, 5.74) is 0. The molecule has 0 bridgehead atoms. The lowest BCUT2D eigenvalue weighted by atomic mass is 10.2. The first kappa shape index (κ1) is 5.29. The number of hydrogen-bond donors (Lipinski definition) is 0. The number of alkyl halides is 1. The van der Waals surface area contributed by atoms with Crippen molar-refractivity contribution >= 4 is 9.52 Å². The van der Waals surface area contributed by atoms with Gasteiger partial charge in [0, 0.05) is 9.52 Å². The van der Waals surface area contributed by atoms with Crippen molar-refractivity contribution in [3.8, 4) is 0 Å². The third-order valence-electron chi connectivity index (χ3n) is 1.24. The van der Waals surface area contributed by atoms with E-state index in [2.05, 4.69) is 0 Å². The largest absolute Gasteiger partial charge is 0.248 e. The molecule has 1 fully saturated rings. The Hall–Kier alpha value is 0.147. The van der Waals surface area contributed by atoms with Gasteiger partial charge in [0.15, 0.2) is 0 Å². The third-order valence-corrected chi connectivity index (χ3v) is 2.68. The van der Waals surface area contributed by atoms with E-state index >= 15 is 0 Å². The van der Waals surface area contributed by atoms with Crippen LogP contribution in [-0.2, 0) is 0 Å². The molecule has 0 N–H and O–H groups in total. The predicted molar refractivity (Wildman–Crippen MR) is 29.5 cm³/mol. The quantitative estimate of drug-likeness (QED) is 0.422. The molecule has 0 aromatic heterocycles. The van der Waals surface area contributed by atoms with Crippen LogP contribution < -0.4 is 0 Å². The molecule has 0 aromatic rings. The summed E-state index contributed by atoms with van der Waals surface area (Å²) in [6, 6.07) is 2.13. The molecule has 1 aliphatic rings. The highest BCUT2D eigenvalue weighted by Crippen LogP contribution is 2.15. The van der Waals surface area contributed by atoms with Gasteiger partial charge in [0.05, 0.1) is 6.17 Å². The van der Waals surface area contributed by atoms with Gasteiger partial charge in [-0.05, 0) is 12.5 Å². The normalized spacial score (nSPS) is 33.0. The molecule has 0 saturated carbocycles. The molecule has 1 rings (SSSR count). The molecular weight excluding hydrogens is 107 g/mol. The van der Waals surface area contributed by atoms with Gasteiger partial charge in [-0.3, -0.25) is 0 Å². The van der Waals surface area contributed by atoms with Crippen LogP contribution in [0.25, 0.3) is 0 Å². The van der Waals surface area contributed by atoms with E-state index in [9.17, 15) is 4.39 Å². The molecule has 1 heterocycles. The average molecular weight is 116 g/mol. The van der Waals surface area contributed by atoms with Crippen LogP contribution in [0.5, 0.6) is 0 Å². The van der Waals surface area contributed by atoms with Crippen LogP contribution in [0.3, 0.4) is 0 Å². The van der Waals surface area contributed by atoms with E-state index in [-0.39, 0.29) is 0 Å². The van der Waals surface area contributed by atoms with Gasteiger partial charge in [-0.25, -0.2) is 4.39 Å². The van der Waals surface area contributed by atoms with Crippen molar-refractivity contribution in [3.63, 3.8) is 0 Å². The van der Waals surface area contributed by atoms with Crippen molar-refractivity contribution in [2.24, 2.45) is 0 Å². The highest BCUT2D eigenvalue weighted by atomic mass is 28.2. The zero-order valence-electron chi connectivity index (χ0n) is 4.28. The van der Waals surface area contributed by atoms with E-state index in [0.717, 1.165) is 28.4 Å². The van der Waals surface area contributed by atoms with Crippen molar-refractivity contribution in [2.75, 3.05) is 0 Å². The molecule has 0 amide bonds. The minimum Gasteiger partial charge on any atom is -0.248 e. The number of halogens is 1. The summed E-state index contributed by atoms with van der Waals surface area (Å²) in [7, 11) is 0.907. The van der Waals surface area contributed by atoms with Crippen LogP contribution in [0.4, 0.5) is 4.39 Å². The first-order chi connectivity index (χ1) is 3.39. The molecule has 1 saturated heterocycles. The molecule has 40 valence electrons. The molecule has 2 radical (unpaired) electrons. The fraction of sp³-hybridized carbons (Fsp3) is 1.00. The zero-order chi connectivity index (χ0) is 5.11. The van der Waals surface area contributed by atoms with Crippen LogP contribution in [0.2, 0.25) is 12.1 Å². The smallest absolute Gasteiger partial charge is 0.0974 e. The Morgan fingerprint density at radius 3 is 2.71 bits per heavy atom. The Morgan fingerprint density at radius 2 is 2.43 bits per heavy atom. The average Bonchev–Trinajstić information content (AvgIpc) is 1.69. The summed E-state index contributed by atoms with van der Waals surface area (Å²) < 4.78 is 12.2. The van der Waals surface area contributed by atoms with Crippen LogP contribution in [0, 0.1) is 0 Å². The molecule has 1 aliphatic heterocycles. The highest BCUT2D eigenvalue weighted by molar-refractivity contribution is 6.35. The van der Waals surface area contributed by atoms with E-state index in [4.69, 9.17) is 0 Å². The second kappa shape index (κ2) is 2.45. The monoisotopic (exact) mass is 116 g/mol. The van der Waals surface area contributed by atoms with Gasteiger partial charge in [-0.2, -0.15) is 0 Å². The lowest BCUT2D eigenvalue weighted by Crippen LogP contribution is -2.09. The van der Waals surface area contributed by atoms with Crippen molar-refractivity contribution in [2.45, 2.75) is 31.1 Å². The fourth-order valence-corrected chi connectivity index (χ4v) is 1.98. The SMILES string of the molecule is FC1CCC[Si]C1. The molecule has 2 heteroatoms. The Morgan fingerprint density at radius 1 is 1.57 bits per heavy atom. The van der Waals surface area contributed by atoms with Gasteiger partial charge >= 0.3 is 0 Å². The summed E-state index contributed by atoms with van der Waals surface area (Å²) in [5.74, 6) is 0. The topological polar surface area (TPSA) is 0 Å². The lowest BCUT2D eigenvalue weighted by Gasteiger charge is -2.11. The summed E-state index contributed by atoms with van der Waals surface area (Å²) in [6.45, 7) is 0. The van der Waals surface area contributed by atoms with Crippen LogP contribution >= 0.6 is 0 Å². The van der Waals surface area contributed by atoms with Gasteiger partial charge < -0.3 is 0 Å². The Balaban J connectivity index is 2.12. The molecular formula is C5H9FSi. The Bertz CT molecular complexity index is 50.0. The minimum atomic E-state index is -0.452. The summed E-state index contributed by atoms with van der Waals surface area (Å²) >= 11 is 0. The maximum Gasteiger partial charge on any atom is 0.0974 e. The Labute approximate surface area is 45.9 Å². The van der Waals surface area contributed by atoms with Crippen molar-refractivity contribution < 1.29 is 4.39 Å². The first-order valence-corrected chi connectivity index (χ1v) is 4.16. The minimum absolute atomic E-state index is 0.452.